The number of aliphatic imine (C=N–C) groups is 1. The summed E-state index contributed by atoms with van der Waals surface area (Å²) < 4.78 is 0. The zero-order valence-corrected chi connectivity index (χ0v) is 10.8. The van der Waals surface area contributed by atoms with Gasteiger partial charge in [-0.2, -0.15) is 4.91 Å². The van der Waals surface area contributed by atoms with Crippen molar-refractivity contribution in [3.63, 3.8) is 0 Å². The van der Waals surface area contributed by atoms with Gasteiger partial charge < -0.3 is 0 Å². The van der Waals surface area contributed by atoms with Gasteiger partial charge in [-0.15, -0.1) is 6.58 Å². The average Bonchev–Trinajstić information content (AvgIpc) is 2.16. The van der Waals surface area contributed by atoms with Crippen LogP contribution in [0.25, 0.3) is 0 Å². The van der Waals surface area contributed by atoms with Gasteiger partial charge in [-0.25, -0.2) is 0 Å². The highest BCUT2D eigenvalue weighted by atomic mass is 16.3. The lowest BCUT2D eigenvalue weighted by atomic mass is 9.95. The maximum atomic E-state index is 10.1. The van der Waals surface area contributed by atoms with Gasteiger partial charge in [-0.05, 0) is 44.2 Å². The molecule has 92 valence electrons. The summed E-state index contributed by atoms with van der Waals surface area (Å²) in [6.07, 6.45) is 4.99. The topological polar surface area (TPSA) is 41.8 Å². The molecular weight excluding hydrogens is 200 g/mol. The fourth-order valence-electron chi connectivity index (χ4n) is 1.59. The monoisotopic (exact) mass is 224 g/mol. The molecule has 0 saturated heterocycles. The molecule has 0 aromatic carbocycles. The highest BCUT2D eigenvalue weighted by Crippen LogP contribution is 2.14. The molecule has 0 aliphatic rings. The second-order valence-corrected chi connectivity index (χ2v) is 4.79. The lowest BCUT2D eigenvalue weighted by Gasteiger charge is -2.12. The highest BCUT2D eigenvalue weighted by molar-refractivity contribution is 5.57. The Kier molecular flexibility index (Phi) is 8.68. The van der Waals surface area contributed by atoms with E-state index in [2.05, 4.69) is 30.6 Å². The van der Waals surface area contributed by atoms with E-state index in [0.717, 1.165) is 25.8 Å². The van der Waals surface area contributed by atoms with E-state index in [9.17, 15) is 4.91 Å². The first-order chi connectivity index (χ1) is 7.56. The van der Waals surface area contributed by atoms with Crippen LogP contribution in [0.15, 0.2) is 22.3 Å². The van der Waals surface area contributed by atoms with Crippen LogP contribution in [-0.4, -0.2) is 19.3 Å². The highest BCUT2D eigenvalue weighted by Gasteiger charge is 2.07. The quantitative estimate of drug-likeness (QED) is 0.333. The van der Waals surface area contributed by atoms with Crippen molar-refractivity contribution in [1.82, 2.24) is 0 Å². The van der Waals surface area contributed by atoms with Crippen molar-refractivity contribution in [2.75, 3.05) is 13.1 Å². The zero-order chi connectivity index (χ0) is 12.4. The summed E-state index contributed by atoms with van der Waals surface area (Å²) in [7, 11) is 0. The van der Waals surface area contributed by atoms with Gasteiger partial charge in [0.1, 0.15) is 0 Å². The maximum absolute atomic E-state index is 10.1. The average molecular weight is 224 g/mol. The van der Waals surface area contributed by atoms with Crippen LogP contribution in [0.1, 0.15) is 40.0 Å². The van der Waals surface area contributed by atoms with Crippen LogP contribution in [-0.2, 0) is 0 Å². The second-order valence-electron chi connectivity index (χ2n) is 4.79. The molecule has 0 bridgehead atoms. The number of hydrogen-bond donors (Lipinski definition) is 0. The molecule has 0 aliphatic heterocycles. The Hall–Kier alpha value is -0.990. The summed E-state index contributed by atoms with van der Waals surface area (Å²) in [5, 5.41) is 2.92. The SMILES string of the molecule is C=C(C)CCN=CCC(C)CC(C)CN=O. The van der Waals surface area contributed by atoms with Gasteiger partial charge in [0.15, 0.2) is 0 Å². The second kappa shape index (κ2) is 9.25. The minimum absolute atomic E-state index is 0.385. The number of rotatable bonds is 9. The van der Waals surface area contributed by atoms with Crippen molar-refractivity contribution in [2.24, 2.45) is 22.0 Å². The molecule has 0 aromatic rings. The Balaban J connectivity index is 3.59. The number of nitrogens with zero attached hydrogens (tertiary/aromatic N) is 2. The standard InChI is InChI=1S/C13H24N2O/c1-11(2)5-7-14-8-6-12(3)9-13(4)10-15-16/h8,12-13H,1,5-7,9-10H2,2-4H3. The Bertz CT molecular complexity index is 236. The number of nitroso groups, excluding NO2 is 1. The van der Waals surface area contributed by atoms with Crippen LogP contribution < -0.4 is 0 Å². The first-order valence-electron chi connectivity index (χ1n) is 5.98. The smallest absolute Gasteiger partial charge is 0.0836 e. The Labute approximate surface area is 99.0 Å². The Morgan fingerprint density at radius 3 is 2.62 bits per heavy atom. The normalized spacial score (nSPS) is 14.9. The molecule has 0 aliphatic carbocycles. The predicted molar refractivity (Wildman–Crippen MR) is 71.0 cm³/mol. The van der Waals surface area contributed by atoms with Crippen molar-refractivity contribution in [3.05, 3.63) is 17.1 Å². The van der Waals surface area contributed by atoms with Crippen LogP contribution >= 0.6 is 0 Å². The maximum Gasteiger partial charge on any atom is 0.0836 e. The molecule has 0 saturated carbocycles. The third kappa shape index (κ3) is 9.56. The van der Waals surface area contributed by atoms with E-state index in [1.807, 2.05) is 13.1 Å². The fraction of sp³-hybridized carbons (Fsp3) is 0.769. The van der Waals surface area contributed by atoms with Crippen molar-refractivity contribution < 1.29 is 0 Å². The molecule has 0 aromatic heterocycles. The molecule has 3 nitrogen and oxygen atoms in total. The summed E-state index contributed by atoms with van der Waals surface area (Å²) in [5.74, 6) is 0.960. The Morgan fingerprint density at radius 1 is 1.38 bits per heavy atom. The third-order valence-corrected chi connectivity index (χ3v) is 2.50. The van der Waals surface area contributed by atoms with Gasteiger partial charge in [0.05, 0.1) is 6.54 Å². The molecule has 0 heterocycles. The van der Waals surface area contributed by atoms with Crippen LogP contribution in [0, 0.1) is 16.7 Å². The molecule has 0 rings (SSSR count). The summed E-state index contributed by atoms with van der Waals surface area (Å²) in [6, 6.07) is 0. The Morgan fingerprint density at radius 2 is 2.06 bits per heavy atom. The van der Waals surface area contributed by atoms with Gasteiger partial charge in [0, 0.05) is 6.54 Å². The molecule has 2 atom stereocenters. The molecule has 0 radical (unpaired) electrons. The molecule has 16 heavy (non-hydrogen) atoms. The van der Waals surface area contributed by atoms with Crippen LogP contribution in [0.2, 0.25) is 0 Å². The largest absolute Gasteiger partial charge is 0.297 e. The van der Waals surface area contributed by atoms with E-state index in [4.69, 9.17) is 0 Å². The summed E-state index contributed by atoms with van der Waals surface area (Å²) >= 11 is 0. The number of hydrogen-bond acceptors (Lipinski definition) is 3. The lowest BCUT2D eigenvalue weighted by molar-refractivity contribution is 0.432. The van der Waals surface area contributed by atoms with Crippen LogP contribution in [0.5, 0.6) is 0 Å². The van der Waals surface area contributed by atoms with E-state index in [1.54, 1.807) is 0 Å². The first kappa shape index (κ1) is 15.0. The van der Waals surface area contributed by atoms with E-state index in [-0.39, 0.29) is 0 Å². The minimum atomic E-state index is 0.385. The van der Waals surface area contributed by atoms with Crippen molar-refractivity contribution >= 4 is 6.21 Å². The molecule has 0 amide bonds. The fourth-order valence-corrected chi connectivity index (χ4v) is 1.59. The molecule has 0 N–H and O–H groups in total. The van der Waals surface area contributed by atoms with Gasteiger partial charge in [0.25, 0.3) is 0 Å². The predicted octanol–water partition coefficient (Wildman–Crippen LogP) is 3.84. The van der Waals surface area contributed by atoms with Gasteiger partial charge in [-0.1, -0.05) is 24.6 Å². The van der Waals surface area contributed by atoms with Gasteiger partial charge in [0.2, 0.25) is 0 Å². The van der Waals surface area contributed by atoms with Crippen LogP contribution in [0.4, 0.5) is 0 Å². The van der Waals surface area contributed by atoms with Crippen molar-refractivity contribution in [1.29, 1.82) is 0 Å². The summed E-state index contributed by atoms with van der Waals surface area (Å²) in [6.45, 7) is 11.4. The first-order valence-corrected chi connectivity index (χ1v) is 5.98. The lowest BCUT2D eigenvalue weighted by Crippen LogP contribution is -2.06. The van der Waals surface area contributed by atoms with Gasteiger partial charge >= 0.3 is 0 Å². The summed E-state index contributed by atoms with van der Waals surface area (Å²) in [4.78, 5) is 14.4. The molecule has 2 unspecified atom stereocenters. The molecular formula is C13H24N2O. The van der Waals surface area contributed by atoms with Gasteiger partial charge in [-0.3, -0.25) is 4.99 Å². The molecule has 0 fully saturated rings. The van der Waals surface area contributed by atoms with E-state index < -0.39 is 0 Å². The molecule has 0 spiro atoms. The third-order valence-electron chi connectivity index (χ3n) is 2.50. The van der Waals surface area contributed by atoms with Crippen molar-refractivity contribution in [3.8, 4) is 0 Å². The minimum Gasteiger partial charge on any atom is -0.297 e. The van der Waals surface area contributed by atoms with Crippen molar-refractivity contribution in [2.45, 2.75) is 40.0 Å². The molecule has 3 heteroatoms. The van der Waals surface area contributed by atoms with E-state index >= 15 is 0 Å². The zero-order valence-electron chi connectivity index (χ0n) is 10.8. The van der Waals surface area contributed by atoms with E-state index in [1.165, 1.54) is 5.57 Å². The van der Waals surface area contributed by atoms with E-state index in [0.29, 0.717) is 18.4 Å². The van der Waals surface area contributed by atoms with Crippen LogP contribution in [0.3, 0.4) is 0 Å². The summed E-state index contributed by atoms with van der Waals surface area (Å²) in [5.41, 5.74) is 1.18.